The van der Waals surface area contributed by atoms with Crippen molar-refractivity contribution in [3.8, 4) is 0 Å². The van der Waals surface area contributed by atoms with E-state index in [2.05, 4.69) is 46.9 Å². The molecule has 0 aromatic heterocycles. The zero-order valence-electron chi connectivity index (χ0n) is 22.1. The van der Waals surface area contributed by atoms with E-state index in [1.165, 1.54) is 38.5 Å². The summed E-state index contributed by atoms with van der Waals surface area (Å²) in [5.41, 5.74) is 4.20. The average Bonchev–Trinajstić information content (AvgIpc) is 3.10. The van der Waals surface area contributed by atoms with E-state index in [-0.39, 0.29) is 11.2 Å². The lowest BCUT2D eigenvalue weighted by Crippen LogP contribution is -2.55. The molecule has 5 fully saturated rings. The Morgan fingerprint density at radius 3 is 2.58 bits per heavy atom. The number of fused-ring (bicyclic) bond motifs is 6. The number of ketones is 1. The topological polar surface area (TPSA) is 38.3 Å². The van der Waals surface area contributed by atoms with Crippen LogP contribution in [0.15, 0.2) is 11.1 Å². The van der Waals surface area contributed by atoms with Crippen molar-refractivity contribution in [1.82, 2.24) is 5.32 Å². The average molecular weight is 454 g/mol. The third-order valence-corrected chi connectivity index (χ3v) is 12.4. The van der Waals surface area contributed by atoms with Crippen LogP contribution in [0.2, 0.25) is 0 Å². The lowest BCUT2D eigenvalue weighted by molar-refractivity contribution is -0.136. The second-order valence-corrected chi connectivity index (χ2v) is 14.3. The molecule has 0 aromatic rings. The van der Waals surface area contributed by atoms with E-state index in [4.69, 9.17) is 4.74 Å². The van der Waals surface area contributed by atoms with Gasteiger partial charge in [-0.2, -0.15) is 0 Å². The third kappa shape index (κ3) is 3.03. The van der Waals surface area contributed by atoms with Crippen LogP contribution in [0.4, 0.5) is 0 Å². The fourth-order valence-corrected chi connectivity index (χ4v) is 10.8. The molecule has 2 heterocycles. The van der Waals surface area contributed by atoms with Gasteiger partial charge in [0.2, 0.25) is 0 Å². The number of Topliss-reactive ketones (excluding diaryl/α,β-unsaturated/α-hetero) is 1. The summed E-state index contributed by atoms with van der Waals surface area (Å²) in [6.07, 6.45) is 11.5. The van der Waals surface area contributed by atoms with Crippen molar-refractivity contribution in [2.75, 3.05) is 6.54 Å². The molecule has 4 aliphatic carbocycles. The van der Waals surface area contributed by atoms with Crippen molar-refractivity contribution in [3.05, 3.63) is 11.1 Å². The molecule has 2 saturated heterocycles. The lowest BCUT2D eigenvalue weighted by Gasteiger charge is -2.57. The van der Waals surface area contributed by atoms with E-state index < -0.39 is 0 Å². The van der Waals surface area contributed by atoms with Crippen LogP contribution in [-0.2, 0) is 9.53 Å². The number of hydrogen-bond donors (Lipinski definition) is 1. The standard InChI is InChI=1S/C30H47NO2/c1-18-15-29(6)26(31-17-18)20(3)30(33-29)12-9-24-23(19(2)16-30)14-25-27(4)11-8-22(32)13-21(27)7-10-28(24,25)5/h18,20-21,24-26,31H,7-17H2,1-6H3/t18-,20+,21+,24+,25+,26-,27-,28-,29?,30-/m0/s1. The largest absolute Gasteiger partial charge is 0.367 e. The quantitative estimate of drug-likeness (QED) is 0.428. The molecule has 1 N–H and O–H groups in total. The van der Waals surface area contributed by atoms with Gasteiger partial charge in [-0.15, -0.1) is 0 Å². The summed E-state index contributed by atoms with van der Waals surface area (Å²) in [6, 6.07) is 0.488. The molecule has 6 aliphatic rings. The van der Waals surface area contributed by atoms with Crippen molar-refractivity contribution in [3.63, 3.8) is 0 Å². The second kappa shape index (κ2) is 7.19. The van der Waals surface area contributed by atoms with Gasteiger partial charge in [0, 0.05) is 24.8 Å². The van der Waals surface area contributed by atoms with E-state index >= 15 is 0 Å². The lowest BCUT2D eigenvalue weighted by atomic mass is 9.47. The van der Waals surface area contributed by atoms with Crippen molar-refractivity contribution in [1.29, 1.82) is 0 Å². The summed E-state index contributed by atoms with van der Waals surface area (Å²) in [5.74, 6) is 3.87. The molecular weight excluding hydrogens is 406 g/mol. The Morgan fingerprint density at radius 1 is 1.00 bits per heavy atom. The Balaban J connectivity index is 1.33. The smallest absolute Gasteiger partial charge is 0.133 e. The number of rotatable bonds is 0. The number of ether oxygens (including phenoxy) is 1. The van der Waals surface area contributed by atoms with Gasteiger partial charge in [0.1, 0.15) is 5.78 Å². The first kappa shape index (κ1) is 22.8. The zero-order valence-corrected chi connectivity index (χ0v) is 22.1. The molecule has 3 heteroatoms. The molecule has 3 saturated carbocycles. The summed E-state index contributed by atoms with van der Waals surface area (Å²) in [6.45, 7) is 16.0. The summed E-state index contributed by atoms with van der Waals surface area (Å²) in [7, 11) is 0. The molecule has 10 atom stereocenters. The molecule has 0 aromatic carbocycles. The maximum absolute atomic E-state index is 12.3. The maximum atomic E-state index is 12.3. The summed E-state index contributed by atoms with van der Waals surface area (Å²) >= 11 is 0. The summed E-state index contributed by atoms with van der Waals surface area (Å²) < 4.78 is 7.23. The van der Waals surface area contributed by atoms with Gasteiger partial charge in [-0.3, -0.25) is 4.79 Å². The van der Waals surface area contributed by atoms with Gasteiger partial charge in [0.05, 0.1) is 11.2 Å². The highest BCUT2D eigenvalue weighted by atomic mass is 16.5. The highest BCUT2D eigenvalue weighted by molar-refractivity contribution is 5.79. The third-order valence-electron chi connectivity index (χ3n) is 12.4. The Bertz CT molecular complexity index is 894. The summed E-state index contributed by atoms with van der Waals surface area (Å²) in [4.78, 5) is 12.3. The minimum atomic E-state index is -0.0198. The van der Waals surface area contributed by atoms with E-state index in [9.17, 15) is 4.79 Å². The predicted octanol–water partition coefficient (Wildman–Crippen LogP) is 6.46. The second-order valence-electron chi connectivity index (χ2n) is 14.3. The number of nitrogens with one attached hydrogen (secondary N) is 1. The maximum Gasteiger partial charge on any atom is 0.133 e. The molecule has 33 heavy (non-hydrogen) atoms. The van der Waals surface area contributed by atoms with Crippen molar-refractivity contribution < 1.29 is 9.53 Å². The monoisotopic (exact) mass is 453 g/mol. The molecule has 1 unspecified atom stereocenters. The van der Waals surface area contributed by atoms with E-state index in [0.717, 1.165) is 44.1 Å². The predicted molar refractivity (Wildman–Crippen MR) is 133 cm³/mol. The van der Waals surface area contributed by atoms with Crippen LogP contribution in [0, 0.1) is 40.4 Å². The SMILES string of the molecule is CC1=C2C[C@@H]3[C@@]4(C)CCC(=O)C[C@H]4CC[C@@]3(C)[C@@H]2CC[C@@]2(C1)OC1(C)C[C@H](C)CN[C@H]1[C@H]2C. The van der Waals surface area contributed by atoms with E-state index in [1.807, 2.05) is 0 Å². The van der Waals surface area contributed by atoms with Crippen LogP contribution in [0.5, 0.6) is 0 Å². The van der Waals surface area contributed by atoms with Gasteiger partial charge >= 0.3 is 0 Å². The van der Waals surface area contributed by atoms with Crippen LogP contribution >= 0.6 is 0 Å². The van der Waals surface area contributed by atoms with Gasteiger partial charge < -0.3 is 10.1 Å². The van der Waals surface area contributed by atoms with Crippen LogP contribution in [0.25, 0.3) is 0 Å². The highest BCUT2D eigenvalue weighted by Crippen LogP contribution is 2.70. The zero-order chi connectivity index (χ0) is 23.4. The molecule has 1 spiro atoms. The first-order valence-corrected chi connectivity index (χ1v) is 14.1. The molecule has 3 nitrogen and oxygen atoms in total. The van der Waals surface area contributed by atoms with Crippen LogP contribution in [0.3, 0.4) is 0 Å². The van der Waals surface area contributed by atoms with E-state index in [1.54, 1.807) is 11.1 Å². The molecule has 184 valence electrons. The van der Waals surface area contributed by atoms with Gasteiger partial charge in [-0.1, -0.05) is 38.8 Å². The Morgan fingerprint density at radius 2 is 1.79 bits per heavy atom. The van der Waals surface area contributed by atoms with Gasteiger partial charge in [0.15, 0.2) is 0 Å². The molecule has 0 radical (unpaired) electrons. The van der Waals surface area contributed by atoms with Crippen molar-refractivity contribution >= 4 is 5.78 Å². The van der Waals surface area contributed by atoms with Gasteiger partial charge in [-0.25, -0.2) is 0 Å². The molecule has 6 rings (SSSR count). The van der Waals surface area contributed by atoms with Crippen molar-refractivity contribution in [2.24, 2.45) is 40.4 Å². The molecule has 2 aliphatic heterocycles. The Hall–Kier alpha value is -0.670. The van der Waals surface area contributed by atoms with E-state index in [0.29, 0.717) is 40.4 Å². The fourth-order valence-electron chi connectivity index (χ4n) is 10.8. The Kier molecular flexibility index (Phi) is 4.96. The van der Waals surface area contributed by atoms with Crippen LogP contribution in [0.1, 0.15) is 106 Å². The fraction of sp³-hybridized carbons (Fsp3) is 0.900. The molecule has 0 amide bonds. The number of allylic oxidation sites excluding steroid dienone is 1. The highest BCUT2D eigenvalue weighted by Gasteiger charge is 2.64. The number of hydrogen-bond acceptors (Lipinski definition) is 3. The first-order chi connectivity index (χ1) is 15.5. The van der Waals surface area contributed by atoms with Crippen molar-refractivity contribution in [2.45, 2.75) is 123 Å². The molecule has 0 bridgehead atoms. The number of piperidine rings is 1. The number of carbonyl (C=O) groups is 1. The van der Waals surface area contributed by atoms with Crippen LogP contribution < -0.4 is 5.32 Å². The number of carbonyl (C=O) groups excluding carboxylic acids is 1. The van der Waals surface area contributed by atoms with Gasteiger partial charge in [-0.05, 0) is 106 Å². The summed E-state index contributed by atoms with van der Waals surface area (Å²) in [5, 5.41) is 3.90. The van der Waals surface area contributed by atoms with Crippen LogP contribution in [-0.4, -0.2) is 29.6 Å². The minimum absolute atomic E-state index is 0.00210. The first-order valence-electron chi connectivity index (χ1n) is 14.1. The normalized spacial score (nSPS) is 56.2. The van der Waals surface area contributed by atoms with Gasteiger partial charge in [0.25, 0.3) is 0 Å². The minimum Gasteiger partial charge on any atom is -0.367 e. The Labute approximate surface area is 201 Å². The molecular formula is C30H47NO2.